The van der Waals surface area contributed by atoms with Crippen LogP contribution >= 0.6 is 22.9 Å². The van der Waals surface area contributed by atoms with Crippen LogP contribution in [0.15, 0.2) is 66.7 Å². The van der Waals surface area contributed by atoms with E-state index in [1.807, 2.05) is 36.4 Å². The number of hydrogen-bond donors (Lipinski definition) is 2. The summed E-state index contributed by atoms with van der Waals surface area (Å²) < 4.78 is 11.9. The third-order valence-electron chi connectivity index (χ3n) is 4.06. The molecule has 4 aromatic rings. The fourth-order valence-electron chi connectivity index (χ4n) is 2.71. The van der Waals surface area contributed by atoms with Crippen LogP contribution < -0.4 is 20.3 Å². The van der Waals surface area contributed by atoms with E-state index in [0.29, 0.717) is 38.5 Å². The number of methoxy groups -OCH3 is 1. The van der Waals surface area contributed by atoms with E-state index < -0.39 is 0 Å². The van der Waals surface area contributed by atoms with Crippen molar-refractivity contribution in [2.24, 2.45) is 0 Å². The number of nitrogens with zero attached hydrogens (tertiary/aromatic N) is 1. The Morgan fingerprint density at radius 3 is 2.55 bits per heavy atom. The standard InChI is InChI=1S/C21H16ClN3O3S/c1-27-17-12-11-15(22)19-18(17)23-21(29-19)25-24-20(26)14-9-5-6-10-16(14)28-13-7-3-2-4-8-13/h2-12H,1H3,(H,23,25)(H,24,26). The summed E-state index contributed by atoms with van der Waals surface area (Å²) in [4.78, 5) is 17.2. The average Bonchev–Trinajstić information content (AvgIpc) is 3.19. The lowest BCUT2D eigenvalue weighted by molar-refractivity contribution is 0.0960. The predicted molar refractivity (Wildman–Crippen MR) is 115 cm³/mol. The molecule has 0 aliphatic heterocycles. The first-order valence-corrected chi connectivity index (χ1v) is 9.86. The Labute approximate surface area is 176 Å². The molecule has 0 unspecified atom stereocenters. The van der Waals surface area contributed by atoms with Gasteiger partial charge in [0.1, 0.15) is 22.8 Å². The van der Waals surface area contributed by atoms with Crippen LogP contribution in [0.2, 0.25) is 5.02 Å². The number of nitrogens with one attached hydrogen (secondary N) is 2. The molecule has 29 heavy (non-hydrogen) atoms. The summed E-state index contributed by atoms with van der Waals surface area (Å²) in [6.07, 6.45) is 0. The Kier molecular flexibility index (Phi) is 5.50. The Balaban J connectivity index is 1.52. The minimum absolute atomic E-state index is 0.353. The van der Waals surface area contributed by atoms with Gasteiger partial charge in [-0.05, 0) is 36.4 Å². The molecule has 0 aliphatic carbocycles. The van der Waals surface area contributed by atoms with Gasteiger partial charge in [0.2, 0.25) is 5.13 Å². The van der Waals surface area contributed by atoms with Crippen LogP contribution in [0.25, 0.3) is 10.2 Å². The van der Waals surface area contributed by atoms with E-state index in [2.05, 4.69) is 15.8 Å². The number of carbonyl (C=O) groups is 1. The fourth-order valence-corrected chi connectivity index (χ4v) is 3.82. The molecule has 6 nitrogen and oxygen atoms in total. The summed E-state index contributed by atoms with van der Waals surface area (Å²) in [6, 6.07) is 19.8. The number of rotatable bonds is 6. The maximum atomic E-state index is 12.7. The van der Waals surface area contributed by atoms with Crippen molar-refractivity contribution in [2.75, 3.05) is 12.5 Å². The molecule has 0 atom stereocenters. The normalized spacial score (nSPS) is 10.6. The molecule has 0 saturated heterocycles. The van der Waals surface area contributed by atoms with Crippen LogP contribution in [0.4, 0.5) is 5.13 Å². The molecule has 3 aromatic carbocycles. The third kappa shape index (κ3) is 4.11. The van der Waals surface area contributed by atoms with E-state index in [4.69, 9.17) is 21.1 Å². The molecular weight excluding hydrogens is 410 g/mol. The molecule has 1 aromatic heterocycles. The van der Waals surface area contributed by atoms with Gasteiger partial charge in [0, 0.05) is 0 Å². The van der Waals surface area contributed by atoms with Crippen LogP contribution in [-0.2, 0) is 0 Å². The van der Waals surface area contributed by atoms with Crippen molar-refractivity contribution in [3.8, 4) is 17.2 Å². The van der Waals surface area contributed by atoms with Gasteiger partial charge < -0.3 is 9.47 Å². The van der Waals surface area contributed by atoms with Gasteiger partial charge in [-0.25, -0.2) is 4.98 Å². The van der Waals surface area contributed by atoms with Crippen molar-refractivity contribution in [3.63, 3.8) is 0 Å². The zero-order valence-corrected chi connectivity index (χ0v) is 16.9. The van der Waals surface area contributed by atoms with E-state index in [0.717, 1.165) is 4.70 Å². The first-order chi connectivity index (χ1) is 14.2. The summed E-state index contributed by atoms with van der Waals surface area (Å²) in [5, 5.41) is 1.06. The topological polar surface area (TPSA) is 72.5 Å². The number of para-hydroxylation sites is 2. The quantitative estimate of drug-likeness (QED) is 0.398. The zero-order valence-electron chi connectivity index (χ0n) is 15.3. The van der Waals surface area contributed by atoms with Crippen molar-refractivity contribution in [1.82, 2.24) is 10.4 Å². The number of hydrazine groups is 1. The van der Waals surface area contributed by atoms with Gasteiger partial charge in [0.15, 0.2) is 0 Å². The van der Waals surface area contributed by atoms with Crippen molar-refractivity contribution >= 4 is 44.2 Å². The lowest BCUT2D eigenvalue weighted by Gasteiger charge is -2.11. The number of fused-ring (bicyclic) bond motifs is 1. The van der Waals surface area contributed by atoms with Gasteiger partial charge >= 0.3 is 0 Å². The molecular formula is C21H16ClN3O3S. The van der Waals surface area contributed by atoms with Gasteiger partial charge in [-0.3, -0.25) is 15.6 Å². The van der Waals surface area contributed by atoms with E-state index >= 15 is 0 Å². The summed E-state index contributed by atoms with van der Waals surface area (Å²) >= 11 is 7.56. The SMILES string of the molecule is COc1ccc(Cl)c2sc(NNC(=O)c3ccccc3Oc3ccccc3)nc12. The number of halogens is 1. The summed E-state index contributed by atoms with van der Waals surface area (Å²) in [7, 11) is 1.57. The molecule has 0 fully saturated rings. The highest BCUT2D eigenvalue weighted by Gasteiger charge is 2.15. The molecule has 4 rings (SSSR count). The van der Waals surface area contributed by atoms with Crippen molar-refractivity contribution < 1.29 is 14.3 Å². The van der Waals surface area contributed by atoms with Crippen LogP contribution in [0, 0.1) is 0 Å². The van der Waals surface area contributed by atoms with Crippen molar-refractivity contribution in [3.05, 3.63) is 77.3 Å². The predicted octanol–water partition coefficient (Wildman–Crippen LogP) is 5.51. The summed E-state index contributed by atoms with van der Waals surface area (Å²) in [5.41, 5.74) is 6.52. The second kappa shape index (κ2) is 8.38. The molecule has 0 aliphatic rings. The molecule has 1 heterocycles. The van der Waals surface area contributed by atoms with Gasteiger partial charge in [-0.2, -0.15) is 0 Å². The van der Waals surface area contributed by atoms with Gasteiger partial charge in [-0.15, -0.1) is 0 Å². The maximum Gasteiger partial charge on any atom is 0.273 e. The second-order valence-corrected chi connectivity index (χ2v) is 7.34. The van der Waals surface area contributed by atoms with Gasteiger partial charge in [-0.1, -0.05) is 53.3 Å². The lowest BCUT2D eigenvalue weighted by Crippen LogP contribution is -2.29. The highest BCUT2D eigenvalue weighted by Crippen LogP contribution is 2.37. The van der Waals surface area contributed by atoms with E-state index in [1.54, 1.807) is 37.4 Å². The molecule has 8 heteroatoms. The molecule has 0 saturated carbocycles. The monoisotopic (exact) mass is 425 g/mol. The van der Waals surface area contributed by atoms with Crippen LogP contribution in [-0.4, -0.2) is 18.0 Å². The summed E-state index contributed by atoms with van der Waals surface area (Å²) in [5.74, 6) is 1.36. The second-order valence-electron chi connectivity index (χ2n) is 5.94. The number of hydrogen-bond acceptors (Lipinski definition) is 6. The molecule has 0 radical (unpaired) electrons. The maximum absolute atomic E-state index is 12.7. The van der Waals surface area contributed by atoms with Crippen LogP contribution in [0.3, 0.4) is 0 Å². The third-order valence-corrected chi connectivity index (χ3v) is 5.50. The molecule has 146 valence electrons. The van der Waals surface area contributed by atoms with Crippen LogP contribution in [0.5, 0.6) is 17.2 Å². The minimum atomic E-state index is -0.353. The number of ether oxygens (including phenoxy) is 2. The fraction of sp³-hybridized carbons (Fsp3) is 0.0476. The average molecular weight is 426 g/mol. The van der Waals surface area contributed by atoms with Crippen molar-refractivity contribution in [1.29, 1.82) is 0 Å². The Hall–Kier alpha value is -3.29. The van der Waals surface area contributed by atoms with Gasteiger partial charge in [0.25, 0.3) is 5.91 Å². The number of anilines is 1. The molecule has 2 N–H and O–H groups in total. The first kappa shape index (κ1) is 19.0. The largest absolute Gasteiger partial charge is 0.494 e. The van der Waals surface area contributed by atoms with E-state index in [1.165, 1.54) is 11.3 Å². The number of benzene rings is 3. The smallest absolute Gasteiger partial charge is 0.273 e. The Morgan fingerprint density at radius 2 is 1.76 bits per heavy atom. The van der Waals surface area contributed by atoms with E-state index in [-0.39, 0.29) is 5.91 Å². The molecule has 0 spiro atoms. The number of amides is 1. The Morgan fingerprint density at radius 1 is 1.00 bits per heavy atom. The minimum Gasteiger partial charge on any atom is -0.494 e. The van der Waals surface area contributed by atoms with Crippen LogP contribution in [0.1, 0.15) is 10.4 Å². The van der Waals surface area contributed by atoms with E-state index in [9.17, 15) is 4.79 Å². The lowest BCUT2D eigenvalue weighted by atomic mass is 10.2. The zero-order chi connectivity index (χ0) is 20.2. The molecule has 0 bridgehead atoms. The Bertz CT molecular complexity index is 1160. The highest BCUT2D eigenvalue weighted by molar-refractivity contribution is 7.22. The highest BCUT2D eigenvalue weighted by atomic mass is 35.5. The molecule has 1 amide bonds. The number of carbonyl (C=O) groups excluding carboxylic acids is 1. The van der Waals surface area contributed by atoms with Crippen molar-refractivity contribution in [2.45, 2.75) is 0 Å². The number of aromatic nitrogens is 1. The first-order valence-electron chi connectivity index (χ1n) is 8.67. The number of thiazole rings is 1. The summed E-state index contributed by atoms with van der Waals surface area (Å²) in [6.45, 7) is 0. The van der Waals surface area contributed by atoms with Gasteiger partial charge in [0.05, 0.1) is 22.4 Å².